The summed E-state index contributed by atoms with van der Waals surface area (Å²) >= 11 is 5.99. The number of likely N-dealkylation sites (N-methyl/N-ethyl adjacent to an activating group) is 1. The van der Waals surface area contributed by atoms with Gasteiger partial charge in [-0.05, 0) is 62.4 Å². The maximum Gasteiger partial charge on any atom is 0.255 e. The third-order valence-corrected chi connectivity index (χ3v) is 5.39. The van der Waals surface area contributed by atoms with Gasteiger partial charge in [0.2, 0.25) is 0 Å². The van der Waals surface area contributed by atoms with Crippen LogP contribution in [0.4, 0.5) is 11.4 Å². The molecule has 0 bridgehead atoms. The van der Waals surface area contributed by atoms with Gasteiger partial charge in [-0.25, -0.2) is 0 Å². The number of aryl methyl sites for hydroxylation is 1. The van der Waals surface area contributed by atoms with Crippen LogP contribution in [-0.4, -0.2) is 42.8 Å². The van der Waals surface area contributed by atoms with E-state index < -0.39 is 0 Å². The van der Waals surface area contributed by atoms with E-state index >= 15 is 0 Å². The van der Waals surface area contributed by atoms with Crippen molar-refractivity contribution in [2.24, 2.45) is 0 Å². The second kappa shape index (κ2) is 9.70. The van der Waals surface area contributed by atoms with Crippen molar-refractivity contribution in [2.45, 2.75) is 20.0 Å². The molecular formula is C24H26ClN5O2. The highest BCUT2D eigenvalue weighted by molar-refractivity contribution is 6.31. The molecule has 0 aromatic heterocycles. The summed E-state index contributed by atoms with van der Waals surface area (Å²) in [5.41, 5.74) is 2.95. The molecule has 0 radical (unpaired) electrons. The quantitative estimate of drug-likeness (QED) is 0.466. The van der Waals surface area contributed by atoms with Gasteiger partial charge in [0.1, 0.15) is 6.17 Å². The molecule has 2 aromatic rings. The van der Waals surface area contributed by atoms with Crippen LogP contribution in [-0.2, 0) is 0 Å². The molecule has 7 nitrogen and oxygen atoms in total. The Bertz CT molecular complexity index is 1110. The molecule has 32 heavy (non-hydrogen) atoms. The van der Waals surface area contributed by atoms with Crippen LogP contribution in [0.2, 0.25) is 0 Å². The molecule has 2 amide bonds. The smallest absolute Gasteiger partial charge is 0.255 e. The predicted molar refractivity (Wildman–Crippen MR) is 129 cm³/mol. The van der Waals surface area contributed by atoms with Crippen molar-refractivity contribution in [3.8, 4) is 0 Å². The van der Waals surface area contributed by atoms with Gasteiger partial charge >= 0.3 is 0 Å². The summed E-state index contributed by atoms with van der Waals surface area (Å²) in [5.74, 6) is -0.239. The second-order valence-electron chi connectivity index (χ2n) is 7.65. The Morgan fingerprint density at radius 1 is 1.12 bits per heavy atom. The summed E-state index contributed by atoms with van der Waals surface area (Å²) < 4.78 is 0. The molecule has 0 aliphatic carbocycles. The van der Waals surface area contributed by atoms with Gasteiger partial charge in [-0.15, -0.1) is 0 Å². The molecule has 0 saturated carbocycles. The van der Waals surface area contributed by atoms with Gasteiger partial charge in [-0.2, -0.15) is 0 Å². The number of nitrogens with one attached hydrogen (secondary N) is 3. The zero-order valence-electron chi connectivity index (χ0n) is 18.4. The van der Waals surface area contributed by atoms with Crippen molar-refractivity contribution in [2.75, 3.05) is 24.3 Å². The Kier molecular flexibility index (Phi) is 7.00. The number of benzene rings is 2. The first-order valence-corrected chi connectivity index (χ1v) is 10.4. The molecular weight excluding hydrogens is 426 g/mol. The molecule has 0 spiro atoms. The molecule has 0 saturated heterocycles. The summed E-state index contributed by atoms with van der Waals surface area (Å²) in [4.78, 5) is 29.3. The van der Waals surface area contributed by atoms with Gasteiger partial charge in [-0.1, -0.05) is 23.2 Å². The number of rotatable bonds is 5. The molecule has 1 aliphatic heterocycles. The maximum atomic E-state index is 13.0. The molecule has 1 aliphatic rings. The van der Waals surface area contributed by atoms with Crippen LogP contribution >= 0.6 is 11.6 Å². The lowest BCUT2D eigenvalue weighted by Crippen LogP contribution is -2.44. The monoisotopic (exact) mass is 451 g/mol. The number of amidine groups is 1. The van der Waals surface area contributed by atoms with Crippen molar-refractivity contribution < 1.29 is 9.59 Å². The molecule has 2 aromatic carbocycles. The van der Waals surface area contributed by atoms with Gasteiger partial charge in [-0.3, -0.25) is 15.0 Å². The third kappa shape index (κ3) is 5.36. The van der Waals surface area contributed by atoms with E-state index in [9.17, 15) is 9.59 Å². The normalized spacial score (nSPS) is 15.1. The number of carbonyl (C=O) groups excluding carboxylic acids is 2. The average molecular weight is 452 g/mol. The Morgan fingerprint density at radius 2 is 1.81 bits per heavy atom. The predicted octanol–water partition coefficient (Wildman–Crippen LogP) is 4.32. The van der Waals surface area contributed by atoms with E-state index in [0.717, 1.165) is 11.3 Å². The van der Waals surface area contributed by atoms with E-state index in [1.807, 2.05) is 20.0 Å². The Hall–Kier alpha value is -3.58. The van der Waals surface area contributed by atoms with Gasteiger partial charge in [0.05, 0.1) is 22.1 Å². The number of allylic oxidation sites excluding steroid dienone is 2. The Balaban J connectivity index is 1.77. The second-order valence-corrected chi connectivity index (χ2v) is 8.09. The lowest BCUT2D eigenvalue weighted by Gasteiger charge is -2.28. The van der Waals surface area contributed by atoms with E-state index in [0.29, 0.717) is 27.7 Å². The fourth-order valence-electron chi connectivity index (χ4n) is 3.18. The number of hydrogen-bond acceptors (Lipinski definition) is 4. The summed E-state index contributed by atoms with van der Waals surface area (Å²) in [6, 6.07) is 12.2. The minimum atomic E-state index is -0.351. The Morgan fingerprint density at radius 3 is 2.44 bits per heavy atom. The highest BCUT2D eigenvalue weighted by Crippen LogP contribution is 2.21. The molecule has 3 rings (SSSR count). The lowest BCUT2D eigenvalue weighted by molar-refractivity contribution is 0.0918. The average Bonchev–Trinajstić information content (AvgIpc) is 2.76. The summed E-state index contributed by atoms with van der Waals surface area (Å²) in [7, 11) is 3.61. The highest BCUT2D eigenvalue weighted by Gasteiger charge is 2.20. The fraction of sp³-hybridized carbons (Fsp3) is 0.208. The van der Waals surface area contributed by atoms with E-state index in [4.69, 9.17) is 17.0 Å². The zero-order chi connectivity index (χ0) is 23.4. The molecule has 166 valence electrons. The molecule has 3 N–H and O–H groups in total. The van der Waals surface area contributed by atoms with Crippen LogP contribution < -0.4 is 15.5 Å². The molecule has 1 atom stereocenters. The van der Waals surface area contributed by atoms with Crippen LogP contribution in [0, 0.1) is 12.3 Å². The topological polar surface area (TPSA) is 88.5 Å². The number of anilines is 2. The standard InChI is InChI=1S/C24H26ClN5O2/c1-15-5-11-21(20(13-15)24(32)28-22-12-8-18(25)14-29(22)3)27-23(31)17-6-9-19(10-7-17)30(4)16(2)26/h5-14,22,26H,1-4H3,(H,27,31)(H,28,32). The summed E-state index contributed by atoms with van der Waals surface area (Å²) in [5, 5.41) is 14.1. The summed E-state index contributed by atoms with van der Waals surface area (Å²) in [6.45, 7) is 3.58. The molecule has 0 fully saturated rings. The number of nitrogens with zero attached hydrogens (tertiary/aromatic N) is 2. The van der Waals surface area contributed by atoms with Gasteiger partial charge in [0, 0.05) is 31.5 Å². The van der Waals surface area contributed by atoms with Gasteiger partial charge in [0.15, 0.2) is 0 Å². The van der Waals surface area contributed by atoms with Crippen molar-refractivity contribution >= 4 is 40.6 Å². The number of halogens is 1. The lowest BCUT2D eigenvalue weighted by atomic mass is 10.1. The minimum absolute atomic E-state index is 0.310. The zero-order valence-corrected chi connectivity index (χ0v) is 19.2. The number of carbonyl (C=O) groups is 2. The third-order valence-electron chi connectivity index (χ3n) is 5.17. The van der Waals surface area contributed by atoms with Gasteiger partial charge in [0.25, 0.3) is 11.8 Å². The first kappa shape index (κ1) is 23.1. The van der Waals surface area contributed by atoms with Gasteiger partial charge < -0.3 is 20.4 Å². The van der Waals surface area contributed by atoms with Crippen molar-refractivity contribution in [3.63, 3.8) is 0 Å². The van der Waals surface area contributed by atoms with E-state index in [2.05, 4.69) is 10.6 Å². The van der Waals surface area contributed by atoms with Crippen LogP contribution in [0.25, 0.3) is 0 Å². The highest BCUT2D eigenvalue weighted by atomic mass is 35.5. The van der Waals surface area contributed by atoms with Crippen LogP contribution in [0.3, 0.4) is 0 Å². The van der Waals surface area contributed by atoms with Crippen molar-refractivity contribution in [1.29, 1.82) is 5.41 Å². The van der Waals surface area contributed by atoms with Crippen LogP contribution in [0.1, 0.15) is 33.2 Å². The molecule has 1 heterocycles. The van der Waals surface area contributed by atoms with Crippen molar-refractivity contribution in [3.05, 3.63) is 82.5 Å². The largest absolute Gasteiger partial charge is 0.356 e. The van der Waals surface area contributed by atoms with Crippen LogP contribution in [0.15, 0.2) is 65.8 Å². The SMILES string of the molecule is CC(=N)N(C)c1ccc(C(=O)Nc2ccc(C)cc2C(=O)NC2C=CC(Cl)=CN2C)cc1. The number of amides is 2. The molecule has 8 heteroatoms. The maximum absolute atomic E-state index is 13.0. The first-order chi connectivity index (χ1) is 15.2. The van der Waals surface area contributed by atoms with Crippen molar-refractivity contribution in [1.82, 2.24) is 10.2 Å². The number of hydrogen-bond donors (Lipinski definition) is 3. The Labute approximate surface area is 192 Å². The fourth-order valence-corrected chi connectivity index (χ4v) is 3.40. The van der Waals surface area contributed by atoms with E-state index in [-0.39, 0.29) is 18.0 Å². The minimum Gasteiger partial charge on any atom is -0.356 e. The van der Waals surface area contributed by atoms with E-state index in [1.54, 1.807) is 78.5 Å². The van der Waals surface area contributed by atoms with Crippen LogP contribution in [0.5, 0.6) is 0 Å². The summed E-state index contributed by atoms with van der Waals surface area (Å²) in [6.07, 6.45) is 4.90. The first-order valence-electron chi connectivity index (χ1n) is 10.0. The van der Waals surface area contributed by atoms with E-state index in [1.165, 1.54) is 0 Å². The molecule has 1 unspecified atom stereocenters.